The minimum Gasteiger partial charge on any atom is -0.383 e. The van der Waals surface area contributed by atoms with Crippen molar-refractivity contribution in [2.75, 3.05) is 26.8 Å². The van der Waals surface area contributed by atoms with Gasteiger partial charge in [-0.25, -0.2) is 0 Å². The summed E-state index contributed by atoms with van der Waals surface area (Å²) in [6.45, 7) is 5.29. The first-order valence-corrected chi connectivity index (χ1v) is 4.78. The Balaban J connectivity index is 4.09. The largest absolute Gasteiger partial charge is 0.383 e. The van der Waals surface area contributed by atoms with Gasteiger partial charge in [0.2, 0.25) is 5.91 Å². The van der Waals surface area contributed by atoms with Crippen LogP contribution >= 0.6 is 0 Å². The fraction of sp³-hybridized carbons (Fsp3) is 0.800. The average Bonchev–Trinajstić information content (AvgIpc) is 2.17. The highest BCUT2D eigenvalue weighted by molar-refractivity contribution is 5.78. The Morgan fingerprint density at radius 2 is 2.14 bits per heavy atom. The molecule has 0 aliphatic rings. The first kappa shape index (κ1) is 12.9. The molecule has 4 heteroatoms. The molecule has 0 radical (unpaired) electrons. The summed E-state index contributed by atoms with van der Waals surface area (Å²) < 4.78 is 4.91. The maximum absolute atomic E-state index is 11.6. The van der Waals surface area contributed by atoms with E-state index in [0.717, 1.165) is 0 Å². The molecule has 0 aromatic rings. The maximum atomic E-state index is 11.6. The second-order valence-corrected chi connectivity index (χ2v) is 3.38. The Kier molecular flexibility index (Phi) is 6.77. The van der Waals surface area contributed by atoms with Crippen molar-refractivity contribution in [2.24, 2.45) is 5.92 Å². The minimum atomic E-state index is -0.0226. The fourth-order valence-electron chi connectivity index (χ4n) is 1.08. The summed E-state index contributed by atoms with van der Waals surface area (Å²) in [6.07, 6.45) is 0.377. The van der Waals surface area contributed by atoms with Crippen molar-refractivity contribution in [2.45, 2.75) is 20.3 Å². The summed E-state index contributed by atoms with van der Waals surface area (Å²) in [7, 11) is 1.60. The summed E-state index contributed by atoms with van der Waals surface area (Å²) in [5.74, 6) is 0.0582. The number of nitriles is 1. The predicted molar refractivity (Wildman–Crippen MR) is 53.5 cm³/mol. The van der Waals surface area contributed by atoms with E-state index in [2.05, 4.69) is 0 Å². The van der Waals surface area contributed by atoms with Crippen LogP contribution in [0.3, 0.4) is 0 Å². The molecule has 80 valence electrons. The summed E-state index contributed by atoms with van der Waals surface area (Å²) in [5, 5.41) is 8.44. The number of rotatable bonds is 6. The average molecular weight is 198 g/mol. The van der Waals surface area contributed by atoms with Crippen molar-refractivity contribution < 1.29 is 9.53 Å². The van der Waals surface area contributed by atoms with Crippen LogP contribution in [-0.4, -0.2) is 37.6 Å². The highest BCUT2D eigenvalue weighted by atomic mass is 16.5. The molecule has 1 amide bonds. The smallest absolute Gasteiger partial charge is 0.225 e. The number of carbonyl (C=O) groups excluding carboxylic acids is 1. The predicted octanol–water partition coefficient (Wildman–Crippen LogP) is 1.03. The van der Waals surface area contributed by atoms with Gasteiger partial charge in [0.15, 0.2) is 0 Å². The second-order valence-electron chi connectivity index (χ2n) is 3.38. The molecular weight excluding hydrogens is 180 g/mol. The van der Waals surface area contributed by atoms with Gasteiger partial charge in [-0.15, -0.1) is 0 Å². The molecule has 0 unspecified atom stereocenters. The van der Waals surface area contributed by atoms with Gasteiger partial charge in [-0.3, -0.25) is 4.79 Å². The number of methoxy groups -OCH3 is 1. The number of hydrogen-bond acceptors (Lipinski definition) is 3. The van der Waals surface area contributed by atoms with Gasteiger partial charge < -0.3 is 9.64 Å². The monoisotopic (exact) mass is 198 g/mol. The SMILES string of the molecule is COCCN(CCC#N)C(=O)C(C)C. The van der Waals surface area contributed by atoms with Crippen LogP contribution in [0, 0.1) is 17.2 Å². The third-order valence-corrected chi connectivity index (χ3v) is 1.86. The molecule has 0 fully saturated rings. The van der Waals surface area contributed by atoms with Gasteiger partial charge in [0, 0.05) is 26.1 Å². The zero-order valence-corrected chi connectivity index (χ0v) is 9.12. The van der Waals surface area contributed by atoms with E-state index in [-0.39, 0.29) is 11.8 Å². The lowest BCUT2D eigenvalue weighted by atomic mass is 10.2. The van der Waals surface area contributed by atoms with Crippen LogP contribution in [0.5, 0.6) is 0 Å². The van der Waals surface area contributed by atoms with E-state index >= 15 is 0 Å². The molecule has 0 aliphatic heterocycles. The molecule has 0 bridgehead atoms. The first-order chi connectivity index (χ1) is 6.63. The highest BCUT2D eigenvalue weighted by Gasteiger charge is 2.15. The van der Waals surface area contributed by atoms with Gasteiger partial charge in [0.25, 0.3) is 0 Å². The maximum Gasteiger partial charge on any atom is 0.225 e. The van der Waals surface area contributed by atoms with E-state index in [4.69, 9.17) is 10.00 Å². The van der Waals surface area contributed by atoms with E-state index in [1.165, 1.54) is 0 Å². The van der Waals surface area contributed by atoms with Crippen LogP contribution in [0.15, 0.2) is 0 Å². The van der Waals surface area contributed by atoms with Gasteiger partial charge in [-0.1, -0.05) is 13.8 Å². The van der Waals surface area contributed by atoms with E-state index in [0.29, 0.717) is 26.1 Å². The Morgan fingerprint density at radius 3 is 2.57 bits per heavy atom. The molecule has 0 N–H and O–H groups in total. The van der Waals surface area contributed by atoms with Crippen LogP contribution in [0.25, 0.3) is 0 Å². The van der Waals surface area contributed by atoms with E-state index in [1.807, 2.05) is 19.9 Å². The van der Waals surface area contributed by atoms with Crippen LogP contribution in [0.1, 0.15) is 20.3 Å². The molecule has 0 saturated carbocycles. The van der Waals surface area contributed by atoms with Crippen molar-refractivity contribution in [3.05, 3.63) is 0 Å². The molecular formula is C10H18N2O2. The van der Waals surface area contributed by atoms with Crippen molar-refractivity contribution in [3.8, 4) is 6.07 Å². The topological polar surface area (TPSA) is 53.3 Å². The van der Waals surface area contributed by atoms with Crippen LogP contribution in [0.2, 0.25) is 0 Å². The third kappa shape index (κ3) is 4.83. The van der Waals surface area contributed by atoms with Gasteiger partial charge in [0.1, 0.15) is 0 Å². The Morgan fingerprint density at radius 1 is 1.50 bits per heavy atom. The van der Waals surface area contributed by atoms with Gasteiger partial charge in [0.05, 0.1) is 19.1 Å². The molecule has 4 nitrogen and oxygen atoms in total. The lowest BCUT2D eigenvalue weighted by molar-refractivity contribution is -0.135. The number of carbonyl (C=O) groups is 1. The molecule has 0 atom stereocenters. The van der Waals surface area contributed by atoms with Crippen LogP contribution in [0.4, 0.5) is 0 Å². The lowest BCUT2D eigenvalue weighted by Crippen LogP contribution is -2.37. The number of hydrogen-bond donors (Lipinski definition) is 0. The molecule has 0 aromatic heterocycles. The van der Waals surface area contributed by atoms with E-state index in [1.54, 1.807) is 12.0 Å². The van der Waals surface area contributed by atoms with Crippen LogP contribution < -0.4 is 0 Å². The quantitative estimate of drug-likeness (QED) is 0.640. The van der Waals surface area contributed by atoms with Crippen LogP contribution in [-0.2, 0) is 9.53 Å². The standard InChI is InChI=1S/C10H18N2O2/c1-9(2)10(13)12(6-4-5-11)7-8-14-3/h9H,4,6-8H2,1-3H3. The zero-order valence-electron chi connectivity index (χ0n) is 9.12. The first-order valence-electron chi connectivity index (χ1n) is 4.78. The number of ether oxygens (including phenoxy) is 1. The van der Waals surface area contributed by atoms with E-state index in [9.17, 15) is 4.79 Å². The van der Waals surface area contributed by atoms with Gasteiger partial charge in [-0.2, -0.15) is 5.26 Å². The molecule has 0 rings (SSSR count). The summed E-state index contributed by atoms with van der Waals surface area (Å²) >= 11 is 0. The Labute approximate surface area is 85.5 Å². The molecule has 14 heavy (non-hydrogen) atoms. The molecule has 0 aliphatic carbocycles. The van der Waals surface area contributed by atoms with Crippen molar-refractivity contribution >= 4 is 5.91 Å². The third-order valence-electron chi connectivity index (χ3n) is 1.86. The second kappa shape index (κ2) is 7.34. The molecule has 0 spiro atoms. The summed E-state index contributed by atoms with van der Waals surface area (Å²) in [6, 6.07) is 2.03. The zero-order chi connectivity index (χ0) is 11.0. The normalized spacial score (nSPS) is 9.93. The van der Waals surface area contributed by atoms with Gasteiger partial charge >= 0.3 is 0 Å². The molecule has 0 aromatic carbocycles. The minimum absolute atomic E-state index is 0.0226. The molecule has 0 saturated heterocycles. The highest BCUT2D eigenvalue weighted by Crippen LogP contribution is 2.02. The number of nitrogens with zero attached hydrogens (tertiary/aromatic N) is 2. The van der Waals surface area contributed by atoms with Crippen molar-refractivity contribution in [1.82, 2.24) is 4.90 Å². The summed E-state index contributed by atoms with van der Waals surface area (Å²) in [5.41, 5.74) is 0. The Bertz CT molecular complexity index is 209. The number of amides is 1. The summed E-state index contributed by atoms with van der Waals surface area (Å²) in [4.78, 5) is 13.3. The molecule has 0 heterocycles. The van der Waals surface area contributed by atoms with Crippen molar-refractivity contribution in [1.29, 1.82) is 5.26 Å². The van der Waals surface area contributed by atoms with Gasteiger partial charge in [-0.05, 0) is 0 Å². The fourth-order valence-corrected chi connectivity index (χ4v) is 1.08. The Hall–Kier alpha value is -1.08. The lowest BCUT2D eigenvalue weighted by Gasteiger charge is -2.23. The van der Waals surface area contributed by atoms with Crippen molar-refractivity contribution in [3.63, 3.8) is 0 Å². The van der Waals surface area contributed by atoms with E-state index < -0.39 is 0 Å².